The quantitative estimate of drug-likeness (QED) is 0.0901. The fourth-order valence-corrected chi connectivity index (χ4v) is 5.02. The van der Waals surface area contributed by atoms with Crippen molar-refractivity contribution in [2.75, 3.05) is 0 Å². The van der Waals surface area contributed by atoms with E-state index in [0.717, 1.165) is 31.1 Å². The van der Waals surface area contributed by atoms with Crippen molar-refractivity contribution in [3.05, 3.63) is 0 Å². The predicted octanol–water partition coefficient (Wildman–Crippen LogP) is 12.0. The summed E-state index contributed by atoms with van der Waals surface area (Å²) in [5, 5.41) is 16.6. The molecule has 0 bridgehead atoms. The number of carboxylic acids is 2. The van der Waals surface area contributed by atoms with E-state index in [1.165, 1.54) is 128 Å². The minimum atomic E-state index is -0.759. The summed E-state index contributed by atoms with van der Waals surface area (Å²) in [5.41, 5.74) is 0. The number of hydrogen-bond acceptors (Lipinski definition) is 2. The van der Waals surface area contributed by atoms with E-state index in [-0.39, 0.29) is 12.8 Å². The van der Waals surface area contributed by atoms with Gasteiger partial charge < -0.3 is 10.2 Å². The molecule has 0 aromatic heterocycles. The highest BCUT2D eigenvalue weighted by Crippen LogP contribution is 2.16. The maximum absolute atomic E-state index is 10.1. The van der Waals surface area contributed by atoms with Gasteiger partial charge in [0.15, 0.2) is 0 Å². The van der Waals surface area contributed by atoms with Crippen LogP contribution in [0.25, 0.3) is 0 Å². The van der Waals surface area contributed by atoms with Gasteiger partial charge in [-0.1, -0.05) is 175 Å². The first-order valence-electron chi connectivity index (χ1n) is 17.2. The maximum Gasteiger partial charge on any atom is 0.303 e. The molecule has 0 radical (unpaired) electrons. The molecule has 0 saturated heterocycles. The smallest absolute Gasteiger partial charge is 0.303 e. The van der Waals surface area contributed by atoms with E-state index in [1.54, 1.807) is 0 Å². The van der Waals surface area contributed by atoms with Gasteiger partial charge in [0.05, 0.1) is 0 Å². The molecule has 0 unspecified atom stereocenters. The van der Waals surface area contributed by atoms with E-state index in [4.69, 9.17) is 10.2 Å². The van der Waals surface area contributed by atoms with E-state index < -0.39 is 11.9 Å². The number of carbonyl (C=O) groups is 2. The third-order valence-electron chi connectivity index (χ3n) is 7.59. The molecule has 0 spiro atoms. The minimum absolute atomic E-state index is 0.221. The van der Waals surface area contributed by atoms with Crippen LogP contribution in [0.4, 0.5) is 0 Å². The van der Waals surface area contributed by atoms with Crippen molar-refractivity contribution in [1.82, 2.24) is 0 Å². The van der Waals surface area contributed by atoms with Crippen LogP contribution in [0.3, 0.4) is 0 Å². The molecule has 2 N–H and O–H groups in total. The lowest BCUT2D eigenvalue weighted by Crippen LogP contribution is -1.95. The summed E-state index contributed by atoms with van der Waals surface area (Å²) in [4.78, 5) is 20.2. The Morgan fingerprint density at radius 2 is 0.538 bits per heavy atom. The van der Waals surface area contributed by atoms with E-state index in [0.29, 0.717) is 12.8 Å². The molecular formula is C35H70O4. The third-order valence-corrected chi connectivity index (χ3v) is 7.59. The lowest BCUT2D eigenvalue weighted by molar-refractivity contribution is -0.138. The second-order valence-corrected chi connectivity index (χ2v) is 12.8. The fourth-order valence-electron chi connectivity index (χ4n) is 5.02. The molecule has 0 amide bonds. The van der Waals surface area contributed by atoms with Gasteiger partial charge in [0, 0.05) is 12.8 Å². The van der Waals surface area contributed by atoms with Gasteiger partial charge >= 0.3 is 11.9 Å². The largest absolute Gasteiger partial charge is 0.481 e. The zero-order chi connectivity index (χ0) is 29.4. The van der Waals surface area contributed by atoms with Crippen LogP contribution < -0.4 is 0 Å². The Morgan fingerprint density at radius 3 is 0.718 bits per heavy atom. The van der Waals surface area contributed by atoms with Crippen LogP contribution in [-0.4, -0.2) is 22.2 Å². The minimum Gasteiger partial charge on any atom is -0.481 e. The first kappa shape index (κ1) is 40.1. The monoisotopic (exact) mass is 555 g/mol. The Kier molecular flexibility index (Phi) is 34.1. The van der Waals surface area contributed by atoms with Crippen molar-refractivity contribution in [3.8, 4) is 0 Å². The van der Waals surface area contributed by atoms with Gasteiger partial charge in [-0.2, -0.15) is 0 Å². The van der Waals surface area contributed by atoms with E-state index in [1.807, 2.05) is 0 Å². The van der Waals surface area contributed by atoms with E-state index in [9.17, 15) is 9.59 Å². The number of carboxylic acid groups (broad SMARTS) is 2. The Hall–Kier alpha value is -1.06. The molecule has 0 fully saturated rings. The molecule has 0 aromatic rings. The highest BCUT2D eigenvalue weighted by molar-refractivity contribution is 5.66. The molecule has 0 aliphatic rings. The second kappa shape index (κ2) is 33.1. The fraction of sp³-hybridized carbons (Fsp3) is 0.943. The van der Waals surface area contributed by atoms with Crippen LogP contribution in [0.5, 0.6) is 0 Å². The van der Waals surface area contributed by atoms with Crippen molar-refractivity contribution in [1.29, 1.82) is 0 Å². The molecule has 0 aliphatic heterocycles. The van der Waals surface area contributed by atoms with Crippen LogP contribution in [0, 0.1) is 11.8 Å². The van der Waals surface area contributed by atoms with Gasteiger partial charge in [-0.05, 0) is 24.7 Å². The molecule has 0 rings (SSSR count). The summed E-state index contributed by atoms with van der Waals surface area (Å²) >= 11 is 0. The highest BCUT2D eigenvalue weighted by atomic mass is 16.4. The molecule has 0 saturated carbocycles. The topological polar surface area (TPSA) is 74.6 Å². The lowest BCUT2D eigenvalue weighted by atomic mass is 10.0. The molecule has 0 heterocycles. The summed E-state index contributed by atoms with van der Waals surface area (Å²) < 4.78 is 0. The standard InChI is InChI=1S/C26H54.C9H16O4/c1-25(2)23-21-19-17-15-13-11-9-7-5-6-8-10-12-14-16-18-20-22-24-26(3)4;10-8(11)6-4-2-1-3-5-7-9(12)13/h25-26H,5-24H2,1-4H3;1-7H2,(H,10,11)(H,12,13). The van der Waals surface area contributed by atoms with Crippen molar-refractivity contribution >= 4 is 11.9 Å². The summed E-state index contributed by atoms with van der Waals surface area (Å²) in [5.74, 6) is 0.278. The molecule has 0 aromatic carbocycles. The first-order chi connectivity index (χ1) is 18.8. The van der Waals surface area contributed by atoms with Crippen molar-refractivity contribution < 1.29 is 19.8 Å². The predicted molar refractivity (Wildman–Crippen MR) is 170 cm³/mol. The van der Waals surface area contributed by atoms with Crippen LogP contribution in [0.15, 0.2) is 0 Å². The van der Waals surface area contributed by atoms with Gasteiger partial charge in [0.1, 0.15) is 0 Å². The van der Waals surface area contributed by atoms with Gasteiger partial charge in [0.25, 0.3) is 0 Å². The van der Waals surface area contributed by atoms with Gasteiger partial charge in [0.2, 0.25) is 0 Å². The van der Waals surface area contributed by atoms with Crippen LogP contribution in [0.1, 0.15) is 201 Å². The normalized spacial score (nSPS) is 11.1. The molecule has 0 atom stereocenters. The van der Waals surface area contributed by atoms with Crippen LogP contribution in [0.2, 0.25) is 0 Å². The Morgan fingerprint density at radius 1 is 0.359 bits per heavy atom. The van der Waals surface area contributed by atoms with E-state index >= 15 is 0 Å². The molecule has 234 valence electrons. The lowest BCUT2D eigenvalue weighted by Gasteiger charge is -2.05. The Labute approximate surface area is 244 Å². The van der Waals surface area contributed by atoms with Gasteiger partial charge in [-0.15, -0.1) is 0 Å². The summed E-state index contributed by atoms with van der Waals surface area (Å²) in [6.07, 6.45) is 34.0. The Bertz CT molecular complexity index is 457. The molecule has 0 aliphatic carbocycles. The summed E-state index contributed by atoms with van der Waals surface area (Å²) in [6.45, 7) is 9.37. The molecule has 4 nitrogen and oxygen atoms in total. The number of rotatable bonds is 29. The van der Waals surface area contributed by atoms with Gasteiger partial charge in [-0.25, -0.2) is 0 Å². The van der Waals surface area contributed by atoms with E-state index in [2.05, 4.69) is 27.7 Å². The zero-order valence-electron chi connectivity index (χ0n) is 27.0. The molecular weight excluding hydrogens is 484 g/mol. The van der Waals surface area contributed by atoms with Crippen LogP contribution >= 0.6 is 0 Å². The third kappa shape index (κ3) is 44.2. The number of hydrogen-bond donors (Lipinski definition) is 2. The Balaban J connectivity index is 0. The number of aliphatic carboxylic acids is 2. The van der Waals surface area contributed by atoms with Crippen LogP contribution in [-0.2, 0) is 9.59 Å². The average molecular weight is 555 g/mol. The summed E-state index contributed by atoms with van der Waals surface area (Å²) in [6, 6.07) is 0. The zero-order valence-corrected chi connectivity index (χ0v) is 27.0. The summed E-state index contributed by atoms with van der Waals surface area (Å²) in [7, 11) is 0. The number of unbranched alkanes of at least 4 members (excludes halogenated alkanes) is 21. The molecule has 4 heteroatoms. The first-order valence-corrected chi connectivity index (χ1v) is 17.2. The highest BCUT2D eigenvalue weighted by Gasteiger charge is 1.99. The van der Waals surface area contributed by atoms with Crippen molar-refractivity contribution in [3.63, 3.8) is 0 Å². The molecule has 39 heavy (non-hydrogen) atoms. The van der Waals surface area contributed by atoms with Crippen molar-refractivity contribution in [2.24, 2.45) is 11.8 Å². The second-order valence-electron chi connectivity index (χ2n) is 12.8. The maximum atomic E-state index is 10.1. The SMILES string of the molecule is CC(C)CCCCCCCCCCCCCCCCCCCCC(C)C.O=C(O)CCCCCCCC(=O)O. The average Bonchev–Trinajstić information content (AvgIpc) is 2.86. The van der Waals surface area contributed by atoms with Crippen molar-refractivity contribution in [2.45, 2.75) is 201 Å². The van der Waals surface area contributed by atoms with Gasteiger partial charge in [-0.3, -0.25) is 9.59 Å².